The lowest BCUT2D eigenvalue weighted by Crippen LogP contribution is -2.40. The Morgan fingerprint density at radius 2 is 2.21 bits per heavy atom. The number of anilines is 1. The highest BCUT2D eigenvalue weighted by molar-refractivity contribution is 5.42. The summed E-state index contributed by atoms with van der Waals surface area (Å²) < 4.78 is 5.30. The zero-order valence-corrected chi connectivity index (χ0v) is 11.0. The van der Waals surface area contributed by atoms with Crippen LogP contribution in [0.5, 0.6) is 0 Å². The van der Waals surface area contributed by atoms with Gasteiger partial charge < -0.3 is 9.64 Å². The second kappa shape index (κ2) is 6.44. The van der Waals surface area contributed by atoms with Crippen LogP contribution in [0.4, 0.5) is 11.5 Å². The second-order valence-corrected chi connectivity index (χ2v) is 4.51. The van der Waals surface area contributed by atoms with Gasteiger partial charge in [0.05, 0.1) is 18.1 Å². The maximum Gasteiger partial charge on any atom is 0.287 e. The summed E-state index contributed by atoms with van der Waals surface area (Å²) in [7, 11) is 1.94. The molecular formula is C12H18N4O3. The van der Waals surface area contributed by atoms with Crippen molar-refractivity contribution in [3.8, 4) is 0 Å². The molecule has 0 bridgehead atoms. The van der Waals surface area contributed by atoms with E-state index in [9.17, 15) is 10.1 Å². The van der Waals surface area contributed by atoms with Gasteiger partial charge in [-0.25, -0.2) is 4.98 Å². The lowest BCUT2D eigenvalue weighted by atomic mass is 10.3. The van der Waals surface area contributed by atoms with Crippen molar-refractivity contribution in [1.82, 2.24) is 9.88 Å². The van der Waals surface area contributed by atoms with Gasteiger partial charge in [-0.2, -0.15) is 0 Å². The van der Waals surface area contributed by atoms with Crippen LogP contribution in [-0.2, 0) is 4.74 Å². The number of nitro groups is 1. The summed E-state index contributed by atoms with van der Waals surface area (Å²) in [6.45, 7) is 5.28. The first-order valence-electron chi connectivity index (χ1n) is 6.28. The van der Waals surface area contributed by atoms with E-state index in [-0.39, 0.29) is 5.69 Å². The van der Waals surface area contributed by atoms with Crippen molar-refractivity contribution in [2.24, 2.45) is 0 Å². The number of ether oxygens (including phenoxy) is 1. The van der Waals surface area contributed by atoms with Crippen LogP contribution in [-0.4, -0.2) is 61.2 Å². The number of pyridine rings is 1. The summed E-state index contributed by atoms with van der Waals surface area (Å²) in [5, 5.41) is 10.5. The Bertz CT molecular complexity index is 417. The van der Waals surface area contributed by atoms with E-state index in [1.54, 1.807) is 6.07 Å². The average Bonchev–Trinajstić information content (AvgIpc) is 2.46. The molecule has 0 aliphatic carbocycles. The van der Waals surface area contributed by atoms with Crippen LogP contribution in [0.1, 0.15) is 0 Å². The predicted molar refractivity (Wildman–Crippen MR) is 71.4 cm³/mol. The summed E-state index contributed by atoms with van der Waals surface area (Å²) in [5.74, 6) is 0.749. The van der Waals surface area contributed by atoms with Crippen LogP contribution in [0.25, 0.3) is 0 Å². The van der Waals surface area contributed by atoms with Crippen molar-refractivity contribution in [2.75, 3.05) is 51.3 Å². The standard InChI is InChI=1S/C12H18N4O3/c1-14(4-5-15-6-8-19-9-7-15)12-3-2-11(10-13-12)16(17)18/h2-3,10H,4-9H2,1H3. The summed E-state index contributed by atoms with van der Waals surface area (Å²) in [5.41, 5.74) is 0.0188. The topological polar surface area (TPSA) is 71.7 Å². The molecule has 0 N–H and O–H groups in total. The van der Waals surface area contributed by atoms with Gasteiger partial charge in [-0.1, -0.05) is 0 Å². The van der Waals surface area contributed by atoms with Gasteiger partial charge >= 0.3 is 0 Å². The first-order valence-corrected chi connectivity index (χ1v) is 6.28. The largest absolute Gasteiger partial charge is 0.379 e. The third-order valence-electron chi connectivity index (χ3n) is 3.19. The smallest absolute Gasteiger partial charge is 0.287 e. The van der Waals surface area contributed by atoms with Crippen molar-refractivity contribution in [3.05, 3.63) is 28.4 Å². The molecule has 104 valence electrons. The molecule has 0 radical (unpaired) electrons. The highest BCUT2D eigenvalue weighted by Gasteiger charge is 2.12. The third kappa shape index (κ3) is 3.87. The molecule has 0 amide bonds. The molecule has 0 aromatic carbocycles. The van der Waals surface area contributed by atoms with Crippen molar-refractivity contribution < 1.29 is 9.66 Å². The molecule has 1 aliphatic rings. The molecule has 2 rings (SSSR count). The van der Waals surface area contributed by atoms with E-state index >= 15 is 0 Å². The lowest BCUT2D eigenvalue weighted by molar-refractivity contribution is -0.385. The van der Waals surface area contributed by atoms with Crippen molar-refractivity contribution >= 4 is 11.5 Å². The predicted octanol–water partition coefficient (Wildman–Crippen LogP) is 0.758. The number of likely N-dealkylation sites (N-methyl/N-ethyl adjacent to an activating group) is 1. The van der Waals surface area contributed by atoms with E-state index in [0.717, 1.165) is 45.2 Å². The monoisotopic (exact) mass is 266 g/mol. The fourth-order valence-corrected chi connectivity index (χ4v) is 1.94. The Morgan fingerprint density at radius 3 is 2.79 bits per heavy atom. The molecule has 1 fully saturated rings. The van der Waals surface area contributed by atoms with Crippen molar-refractivity contribution in [2.45, 2.75) is 0 Å². The number of morpholine rings is 1. The quantitative estimate of drug-likeness (QED) is 0.578. The number of hydrogen-bond acceptors (Lipinski definition) is 6. The van der Waals surface area contributed by atoms with Gasteiger partial charge in [0.1, 0.15) is 12.0 Å². The molecule has 1 saturated heterocycles. The lowest BCUT2D eigenvalue weighted by Gasteiger charge is -2.28. The maximum atomic E-state index is 10.5. The number of rotatable bonds is 5. The fraction of sp³-hybridized carbons (Fsp3) is 0.583. The van der Waals surface area contributed by atoms with Gasteiger partial charge in [0, 0.05) is 39.3 Å². The summed E-state index contributed by atoms with van der Waals surface area (Å²) in [6, 6.07) is 3.16. The second-order valence-electron chi connectivity index (χ2n) is 4.51. The van der Waals surface area contributed by atoms with Crippen LogP contribution in [0.2, 0.25) is 0 Å². The Labute approximate surface area is 111 Å². The van der Waals surface area contributed by atoms with E-state index in [0.29, 0.717) is 0 Å². The van der Waals surface area contributed by atoms with Gasteiger partial charge in [-0.3, -0.25) is 15.0 Å². The molecule has 0 unspecified atom stereocenters. The normalized spacial score (nSPS) is 16.3. The van der Waals surface area contributed by atoms with Crippen LogP contribution in [0.15, 0.2) is 18.3 Å². The third-order valence-corrected chi connectivity index (χ3v) is 3.19. The molecular weight excluding hydrogens is 248 g/mol. The molecule has 0 atom stereocenters. The van der Waals surface area contributed by atoms with E-state index in [1.807, 2.05) is 11.9 Å². The van der Waals surface area contributed by atoms with E-state index < -0.39 is 4.92 Å². The maximum absolute atomic E-state index is 10.5. The molecule has 7 heteroatoms. The first-order chi connectivity index (χ1) is 9.16. The Balaban J connectivity index is 1.84. The van der Waals surface area contributed by atoms with Gasteiger partial charge in [0.25, 0.3) is 5.69 Å². The van der Waals surface area contributed by atoms with Gasteiger partial charge in [-0.05, 0) is 6.07 Å². The minimum absolute atomic E-state index is 0.0188. The Hall–Kier alpha value is -1.73. The summed E-state index contributed by atoms with van der Waals surface area (Å²) in [4.78, 5) is 18.6. The number of aromatic nitrogens is 1. The highest BCUT2D eigenvalue weighted by Crippen LogP contribution is 2.14. The molecule has 7 nitrogen and oxygen atoms in total. The molecule has 19 heavy (non-hydrogen) atoms. The van der Waals surface area contributed by atoms with Crippen LogP contribution < -0.4 is 4.90 Å². The average molecular weight is 266 g/mol. The van der Waals surface area contributed by atoms with Crippen LogP contribution >= 0.6 is 0 Å². The van der Waals surface area contributed by atoms with Crippen LogP contribution in [0, 0.1) is 10.1 Å². The van der Waals surface area contributed by atoms with E-state index in [4.69, 9.17) is 4.74 Å². The highest BCUT2D eigenvalue weighted by atomic mass is 16.6. The fourth-order valence-electron chi connectivity index (χ4n) is 1.94. The zero-order chi connectivity index (χ0) is 13.7. The van der Waals surface area contributed by atoms with Crippen molar-refractivity contribution in [3.63, 3.8) is 0 Å². The number of nitrogens with zero attached hydrogens (tertiary/aromatic N) is 4. The van der Waals surface area contributed by atoms with Gasteiger partial charge in [-0.15, -0.1) is 0 Å². The Morgan fingerprint density at radius 1 is 1.47 bits per heavy atom. The first kappa shape index (κ1) is 13.7. The Kier molecular flexibility index (Phi) is 4.64. The molecule has 1 aromatic heterocycles. The summed E-state index contributed by atoms with van der Waals surface area (Å²) >= 11 is 0. The molecule has 1 aliphatic heterocycles. The minimum atomic E-state index is -0.440. The molecule has 2 heterocycles. The van der Waals surface area contributed by atoms with Crippen molar-refractivity contribution in [1.29, 1.82) is 0 Å². The SMILES string of the molecule is CN(CCN1CCOCC1)c1ccc([N+](=O)[O-])cn1. The zero-order valence-electron chi connectivity index (χ0n) is 11.0. The summed E-state index contributed by atoms with van der Waals surface area (Å²) in [6.07, 6.45) is 1.29. The van der Waals surface area contributed by atoms with Gasteiger partial charge in [0.2, 0.25) is 0 Å². The van der Waals surface area contributed by atoms with E-state index in [2.05, 4.69) is 9.88 Å². The van der Waals surface area contributed by atoms with Crippen LogP contribution in [0.3, 0.4) is 0 Å². The molecule has 1 aromatic rings. The minimum Gasteiger partial charge on any atom is -0.379 e. The molecule has 0 saturated carbocycles. The number of hydrogen-bond donors (Lipinski definition) is 0. The molecule has 0 spiro atoms. The van der Waals surface area contributed by atoms with Gasteiger partial charge in [0.15, 0.2) is 0 Å². The van der Waals surface area contributed by atoms with E-state index in [1.165, 1.54) is 12.3 Å².